The minimum atomic E-state index is -1.25. The van der Waals surface area contributed by atoms with Gasteiger partial charge >= 0.3 is 5.97 Å². The molecule has 0 aromatic heterocycles. The molecule has 3 amide bonds. The van der Waals surface area contributed by atoms with E-state index in [4.69, 9.17) is 28.7 Å². The van der Waals surface area contributed by atoms with E-state index in [1.54, 1.807) is 0 Å². The van der Waals surface area contributed by atoms with Crippen molar-refractivity contribution in [3.8, 4) is 0 Å². The molecule has 5 atom stereocenters. The lowest BCUT2D eigenvalue weighted by Gasteiger charge is -2.25. The molecule has 0 fully saturated rings. The van der Waals surface area contributed by atoms with Gasteiger partial charge in [-0.2, -0.15) is 0 Å². The van der Waals surface area contributed by atoms with Gasteiger partial charge in [-0.1, -0.05) is 0 Å². The van der Waals surface area contributed by atoms with Crippen LogP contribution in [0.15, 0.2) is 4.99 Å². The Kier molecular flexibility index (Phi) is 17.6. The number of nitrogens with one attached hydrogen (secondary N) is 3. The fourth-order valence-electron chi connectivity index (χ4n) is 3.32. The van der Waals surface area contributed by atoms with Crippen LogP contribution >= 0.6 is 0 Å². The topological polar surface area (TPSA) is 287 Å². The van der Waals surface area contributed by atoms with E-state index in [9.17, 15) is 29.4 Å². The van der Waals surface area contributed by atoms with Crippen LogP contribution in [0.25, 0.3) is 0 Å². The highest BCUT2D eigenvalue weighted by molar-refractivity contribution is 5.94. The number of aliphatic hydroxyl groups excluding tert-OH is 1. The molecule has 37 heavy (non-hydrogen) atoms. The lowest BCUT2D eigenvalue weighted by Crippen LogP contribution is -2.58. The first-order valence-corrected chi connectivity index (χ1v) is 12.5. The average Bonchev–Trinajstić information content (AvgIpc) is 2.83. The maximum Gasteiger partial charge on any atom is 0.326 e. The van der Waals surface area contributed by atoms with Gasteiger partial charge in [-0.05, 0) is 71.4 Å². The van der Waals surface area contributed by atoms with Crippen LogP contribution in [0.2, 0.25) is 0 Å². The van der Waals surface area contributed by atoms with Crippen molar-refractivity contribution >= 4 is 29.7 Å². The molecule has 0 saturated carbocycles. The third kappa shape index (κ3) is 15.0. The summed E-state index contributed by atoms with van der Waals surface area (Å²) in [5, 5.41) is 26.7. The first-order chi connectivity index (χ1) is 17.4. The molecule has 0 rings (SSSR count). The Hall–Kier alpha value is -3.01. The van der Waals surface area contributed by atoms with Gasteiger partial charge in [0, 0.05) is 6.54 Å². The number of unbranched alkanes of at least 4 members (excludes halogenated alkanes) is 2. The van der Waals surface area contributed by atoms with E-state index in [0.717, 1.165) is 0 Å². The van der Waals surface area contributed by atoms with Crippen molar-refractivity contribution in [2.24, 2.45) is 33.7 Å². The SMILES string of the molecule is CC(O)C(N)C(=O)NC(CCCCN)C(=O)NC(CCCCN)C(=O)NC(CCCN=C(N)N)C(=O)O. The molecule has 15 N–H and O–H groups in total. The van der Waals surface area contributed by atoms with Crippen molar-refractivity contribution in [2.75, 3.05) is 19.6 Å². The molecule has 0 heterocycles. The summed E-state index contributed by atoms with van der Waals surface area (Å²) in [6.45, 7) is 2.30. The predicted molar refractivity (Wildman–Crippen MR) is 139 cm³/mol. The highest BCUT2D eigenvalue weighted by atomic mass is 16.4. The van der Waals surface area contributed by atoms with Crippen LogP contribution in [0.4, 0.5) is 0 Å². The number of rotatable bonds is 20. The smallest absolute Gasteiger partial charge is 0.326 e. The number of hydrogen-bond donors (Lipinski definition) is 10. The minimum absolute atomic E-state index is 0.0658. The average molecular weight is 532 g/mol. The van der Waals surface area contributed by atoms with Gasteiger partial charge in [0.1, 0.15) is 24.2 Å². The van der Waals surface area contributed by atoms with E-state index in [0.29, 0.717) is 45.2 Å². The number of carbonyl (C=O) groups is 4. The Balaban J connectivity index is 5.50. The summed E-state index contributed by atoms with van der Waals surface area (Å²) in [6, 6.07) is -4.58. The second-order valence-corrected chi connectivity index (χ2v) is 8.81. The molecule has 0 saturated heterocycles. The van der Waals surface area contributed by atoms with Crippen molar-refractivity contribution in [3.05, 3.63) is 0 Å². The molecule has 0 aromatic carbocycles. The van der Waals surface area contributed by atoms with Crippen LogP contribution in [-0.2, 0) is 19.2 Å². The van der Waals surface area contributed by atoms with Crippen molar-refractivity contribution < 1.29 is 29.4 Å². The Bertz CT molecular complexity index is 746. The molecule has 0 bridgehead atoms. The van der Waals surface area contributed by atoms with Gasteiger partial charge in [0.2, 0.25) is 17.7 Å². The van der Waals surface area contributed by atoms with Crippen LogP contribution in [0.3, 0.4) is 0 Å². The Morgan fingerprint density at radius 2 is 1.19 bits per heavy atom. The summed E-state index contributed by atoms with van der Waals surface area (Å²) in [5.41, 5.74) is 27.3. The number of guanidine groups is 1. The summed E-state index contributed by atoms with van der Waals surface area (Å²) in [7, 11) is 0. The van der Waals surface area contributed by atoms with Crippen LogP contribution in [0.5, 0.6) is 0 Å². The summed E-state index contributed by atoms with van der Waals surface area (Å²) in [6.07, 6.45) is 1.85. The van der Waals surface area contributed by atoms with Gasteiger partial charge in [0.15, 0.2) is 5.96 Å². The van der Waals surface area contributed by atoms with Gasteiger partial charge < -0.3 is 54.8 Å². The molecule has 5 unspecified atom stereocenters. The van der Waals surface area contributed by atoms with Crippen LogP contribution < -0.4 is 44.6 Å². The molecular weight excluding hydrogens is 486 g/mol. The second kappa shape index (κ2) is 19.1. The van der Waals surface area contributed by atoms with E-state index in [2.05, 4.69) is 20.9 Å². The minimum Gasteiger partial charge on any atom is -0.480 e. The number of aliphatic hydroxyl groups is 1. The number of aliphatic carboxylic acids is 1. The van der Waals surface area contributed by atoms with Gasteiger partial charge in [-0.15, -0.1) is 0 Å². The molecule has 0 aliphatic carbocycles. The quantitative estimate of drug-likeness (QED) is 0.0418. The highest BCUT2D eigenvalue weighted by Crippen LogP contribution is 2.07. The zero-order valence-corrected chi connectivity index (χ0v) is 21.5. The van der Waals surface area contributed by atoms with Gasteiger partial charge in [0.25, 0.3) is 0 Å². The van der Waals surface area contributed by atoms with E-state index in [1.165, 1.54) is 6.92 Å². The third-order valence-corrected chi connectivity index (χ3v) is 5.54. The Morgan fingerprint density at radius 1 is 0.757 bits per heavy atom. The third-order valence-electron chi connectivity index (χ3n) is 5.54. The summed E-state index contributed by atoms with van der Waals surface area (Å²) < 4.78 is 0. The zero-order chi connectivity index (χ0) is 28.4. The maximum absolute atomic E-state index is 13.1. The fraction of sp³-hybridized carbons (Fsp3) is 0.773. The number of aliphatic imine (C=N–C) groups is 1. The molecule has 0 spiro atoms. The molecule has 0 aromatic rings. The fourth-order valence-corrected chi connectivity index (χ4v) is 3.32. The lowest BCUT2D eigenvalue weighted by atomic mass is 10.0. The van der Waals surface area contributed by atoms with Gasteiger partial charge in [0.05, 0.1) is 6.10 Å². The predicted octanol–water partition coefficient (Wildman–Crippen LogP) is -3.45. The first kappa shape index (κ1) is 34.0. The summed E-state index contributed by atoms with van der Waals surface area (Å²) in [4.78, 5) is 53.9. The van der Waals surface area contributed by atoms with Crippen molar-refractivity contribution in [2.45, 2.75) is 88.6 Å². The number of carboxylic acids is 1. The number of nitrogens with zero attached hydrogens (tertiary/aromatic N) is 1. The van der Waals surface area contributed by atoms with Gasteiger partial charge in [-0.25, -0.2) is 4.79 Å². The van der Waals surface area contributed by atoms with Crippen LogP contribution in [-0.4, -0.2) is 89.8 Å². The van der Waals surface area contributed by atoms with E-state index >= 15 is 0 Å². The number of nitrogens with two attached hydrogens (primary N) is 5. The molecule has 0 radical (unpaired) electrons. The van der Waals surface area contributed by atoms with E-state index in [-0.39, 0.29) is 31.8 Å². The van der Waals surface area contributed by atoms with Crippen LogP contribution in [0.1, 0.15) is 58.3 Å². The Morgan fingerprint density at radius 3 is 1.59 bits per heavy atom. The second-order valence-electron chi connectivity index (χ2n) is 8.81. The molecule has 0 aliphatic rings. The number of carboxylic acid groups (broad SMARTS) is 1. The summed E-state index contributed by atoms with van der Waals surface area (Å²) in [5.74, 6) is -3.42. The molecular formula is C22H45N9O6. The lowest BCUT2D eigenvalue weighted by molar-refractivity contribution is -0.142. The van der Waals surface area contributed by atoms with Gasteiger partial charge in [-0.3, -0.25) is 19.4 Å². The molecule has 214 valence electrons. The standard InChI is InChI=1S/C22H45N9O6/c1-13(32)17(25)20(35)30-15(8-3-5-11-24)18(33)29-14(7-2-4-10-23)19(34)31-16(21(36)37)9-6-12-28-22(26)27/h13-17,32H,2-12,23-25H2,1H3,(H,29,33)(H,30,35)(H,31,34)(H,36,37)(H4,26,27,28). The molecule has 15 heteroatoms. The normalized spacial score (nSPS) is 14.9. The van der Waals surface area contributed by atoms with Crippen molar-refractivity contribution in [1.82, 2.24) is 16.0 Å². The largest absolute Gasteiger partial charge is 0.480 e. The van der Waals surface area contributed by atoms with E-state index in [1.807, 2.05) is 0 Å². The molecule has 15 nitrogen and oxygen atoms in total. The number of carbonyl (C=O) groups excluding carboxylic acids is 3. The maximum atomic E-state index is 13.1. The number of hydrogen-bond acceptors (Lipinski definition) is 9. The molecule has 0 aliphatic heterocycles. The van der Waals surface area contributed by atoms with Crippen molar-refractivity contribution in [3.63, 3.8) is 0 Å². The summed E-state index contributed by atoms with van der Waals surface area (Å²) >= 11 is 0. The highest BCUT2D eigenvalue weighted by Gasteiger charge is 2.30. The van der Waals surface area contributed by atoms with E-state index < -0.39 is 54.0 Å². The van der Waals surface area contributed by atoms with Crippen molar-refractivity contribution in [1.29, 1.82) is 0 Å². The first-order valence-electron chi connectivity index (χ1n) is 12.5. The number of amides is 3. The monoisotopic (exact) mass is 531 g/mol. The zero-order valence-electron chi connectivity index (χ0n) is 21.5. The Labute approximate surface area is 217 Å². The van der Waals surface area contributed by atoms with Crippen LogP contribution in [0, 0.1) is 0 Å².